The highest BCUT2D eigenvalue weighted by Gasteiger charge is 2.20. The number of ether oxygens (including phenoxy) is 1. The van der Waals surface area contributed by atoms with Crippen LogP contribution in [-0.2, 0) is 4.79 Å². The molecule has 27 heavy (non-hydrogen) atoms. The third-order valence-electron chi connectivity index (χ3n) is 3.79. The van der Waals surface area contributed by atoms with Crippen LogP contribution in [0.4, 0.5) is 5.69 Å². The maximum atomic E-state index is 12.6. The first-order valence-corrected chi connectivity index (χ1v) is 9.40. The summed E-state index contributed by atoms with van der Waals surface area (Å²) in [6, 6.07) is 12.9. The second kappa shape index (κ2) is 8.41. The Morgan fingerprint density at radius 1 is 1.26 bits per heavy atom. The van der Waals surface area contributed by atoms with Gasteiger partial charge in [-0.3, -0.25) is 4.79 Å². The number of hydrogen-bond acceptors (Lipinski definition) is 6. The number of nitrogens with zero attached hydrogens (tertiary/aromatic N) is 4. The zero-order valence-corrected chi connectivity index (χ0v) is 16.6. The molecular weight excluding hydrogens is 386 g/mol. The Bertz CT molecular complexity index is 945. The number of anilines is 1. The third-order valence-corrected chi connectivity index (χ3v) is 5.06. The average molecular weight is 404 g/mol. The lowest BCUT2D eigenvalue weighted by atomic mass is 10.2. The zero-order chi connectivity index (χ0) is 19.4. The molecule has 1 heterocycles. The van der Waals surface area contributed by atoms with E-state index < -0.39 is 5.25 Å². The fraction of sp³-hybridized carbons (Fsp3) is 0.222. The van der Waals surface area contributed by atoms with Gasteiger partial charge in [0.25, 0.3) is 0 Å². The van der Waals surface area contributed by atoms with Crippen molar-refractivity contribution in [2.24, 2.45) is 0 Å². The molecule has 0 saturated carbocycles. The number of carbonyl (C=O) groups is 1. The molecule has 0 saturated heterocycles. The summed E-state index contributed by atoms with van der Waals surface area (Å²) >= 11 is 7.27. The van der Waals surface area contributed by atoms with E-state index >= 15 is 0 Å². The van der Waals surface area contributed by atoms with Gasteiger partial charge in [-0.25, -0.2) is 0 Å². The van der Waals surface area contributed by atoms with E-state index in [9.17, 15) is 4.79 Å². The number of aromatic nitrogens is 4. The summed E-state index contributed by atoms with van der Waals surface area (Å²) < 4.78 is 6.86. The Balaban J connectivity index is 1.74. The lowest BCUT2D eigenvalue weighted by molar-refractivity contribution is -0.115. The van der Waals surface area contributed by atoms with Crippen molar-refractivity contribution in [2.75, 3.05) is 12.4 Å². The third kappa shape index (κ3) is 4.58. The van der Waals surface area contributed by atoms with Gasteiger partial charge in [-0.15, -0.1) is 5.10 Å². The molecule has 0 bridgehead atoms. The minimum absolute atomic E-state index is 0.209. The van der Waals surface area contributed by atoms with Crippen molar-refractivity contribution in [3.8, 4) is 11.4 Å². The van der Waals surface area contributed by atoms with Gasteiger partial charge in [-0.2, -0.15) is 4.68 Å². The SMILES string of the molecule is COc1ccc(Cl)cc1NC(=O)C(C)Sc1nnnn1-c1ccc(C)cc1. The van der Waals surface area contributed by atoms with Crippen LogP contribution in [0.25, 0.3) is 5.69 Å². The molecule has 1 amide bonds. The van der Waals surface area contributed by atoms with Gasteiger partial charge < -0.3 is 10.1 Å². The summed E-state index contributed by atoms with van der Waals surface area (Å²) in [5, 5.41) is 15.2. The van der Waals surface area contributed by atoms with Crippen molar-refractivity contribution in [1.29, 1.82) is 0 Å². The molecule has 3 aromatic rings. The molecule has 0 fully saturated rings. The fourth-order valence-electron chi connectivity index (χ4n) is 2.32. The van der Waals surface area contributed by atoms with E-state index in [-0.39, 0.29) is 5.91 Å². The summed E-state index contributed by atoms with van der Waals surface area (Å²) in [6.07, 6.45) is 0. The van der Waals surface area contributed by atoms with Crippen molar-refractivity contribution in [3.05, 3.63) is 53.1 Å². The predicted molar refractivity (Wildman–Crippen MR) is 106 cm³/mol. The number of halogens is 1. The second-order valence-corrected chi connectivity index (χ2v) is 7.55. The lowest BCUT2D eigenvalue weighted by Gasteiger charge is -2.14. The van der Waals surface area contributed by atoms with E-state index in [4.69, 9.17) is 16.3 Å². The summed E-state index contributed by atoms with van der Waals surface area (Å²) in [5.74, 6) is 0.327. The minimum atomic E-state index is -0.441. The van der Waals surface area contributed by atoms with Crippen molar-refractivity contribution < 1.29 is 9.53 Å². The Labute approximate surface area is 166 Å². The number of methoxy groups -OCH3 is 1. The molecule has 0 radical (unpaired) electrons. The number of benzene rings is 2. The monoisotopic (exact) mass is 403 g/mol. The van der Waals surface area contributed by atoms with E-state index in [1.165, 1.54) is 18.9 Å². The summed E-state index contributed by atoms with van der Waals surface area (Å²) in [5.41, 5.74) is 2.49. The van der Waals surface area contributed by atoms with Crippen LogP contribution in [-0.4, -0.2) is 38.5 Å². The Hall–Kier alpha value is -2.58. The number of aryl methyl sites for hydroxylation is 1. The van der Waals surface area contributed by atoms with Crippen molar-refractivity contribution in [2.45, 2.75) is 24.3 Å². The number of amides is 1. The summed E-state index contributed by atoms with van der Waals surface area (Å²) in [6.45, 7) is 3.79. The van der Waals surface area contributed by atoms with Crippen LogP contribution in [0, 0.1) is 6.92 Å². The number of carbonyl (C=O) groups excluding carboxylic acids is 1. The molecule has 9 heteroatoms. The molecule has 2 aromatic carbocycles. The molecule has 7 nitrogen and oxygen atoms in total. The van der Waals surface area contributed by atoms with Crippen molar-refractivity contribution in [1.82, 2.24) is 20.2 Å². The average Bonchev–Trinajstić information content (AvgIpc) is 3.10. The van der Waals surface area contributed by atoms with E-state index in [0.717, 1.165) is 11.3 Å². The van der Waals surface area contributed by atoms with Crippen LogP contribution in [0.15, 0.2) is 47.6 Å². The van der Waals surface area contributed by atoms with Crippen LogP contribution >= 0.6 is 23.4 Å². The normalized spacial score (nSPS) is 11.9. The Morgan fingerprint density at radius 2 is 2.00 bits per heavy atom. The van der Waals surface area contributed by atoms with E-state index in [0.29, 0.717) is 21.6 Å². The van der Waals surface area contributed by atoms with E-state index in [2.05, 4.69) is 20.8 Å². The van der Waals surface area contributed by atoms with Gasteiger partial charge in [0.15, 0.2) is 0 Å². The number of thioether (sulfide) groups is 1. The minimum Gasteiger partial charge on any atom is -0.495 e. The number of rotatable bonds is 6. The van der Waals surface area contributed by atoms with Crippen molar-refractivity contribution in [3.63, 3.8) is 0 Å². The van der Waals surface area contributed by atoms with E-state index in [1.807, 2.05) is 31.2 Å². The van der Waals surface area contributed by atoms with Gasteiger partial charge in [0.1, 0.15) is 5.75 Å². The lowest BCUT2D eigenvalue weighted by Crippen LogP contribution is -2.23. The van der Waals surface area contributed by atoms with Gasteiger partial charge >= 0.3 is 0 Å². The van der Waals surface area contributed by atoms with E-state index in [1.54, 1.807) is 29.8 Å². The maximum Gasteiger partial charge on any atom is 0.237 e. The molecule has 0 aliphatic heterocycles. The molecule has 1 atom stereocenters. The molecule has 1 aromatic heterocycles. The van der Waals surface area contributed by atoms with Crippen LogP contribution in [0.3, 0.4) is 0 Å². The highest BCUT2D eigenvalue weighted by atomic mass is 35.5. The quantitative estimate of drug-likeness (QED) is 0.631. The van der Waals surface area contributed by atoms with Gasteiger partial charge in [0, 0.05) is 5.02 Å². The van der Waals surface area contributed by atoms with Crippen LogP contribution in [0.2, 0.25) is 5.02 Å². The standard InChI is InChI=1S/C18H18ClN5O2S/c1-11-4-7-14(8-5-11)24-18(21-22-23-24)27-12(2)17(25)20-15-10-13(19)6-9-16(15)26-3/h4-10,12H,1-3H3,(H,20,25). The van der Waals surface area contributed by atoms with Gasteiger partial charge in [-0.1, -0.05) is 41.1 Å². The second-order valence-electron chi connectivity index (χ2n) is 5.80. The first kappa shape index (κ1) is 19.2. The van der Waals surface area contributed by atoms with Gasteiger partial charge in [0.2, 0.25) is 11.1 Å². The number of hydrogen-bond donors (Lipinski definition) is 1. The molecule has 0 aliphatic carbocycles. The number of tetrazole rings is 1. The molecule has 0 spiro atoms. The van der Waals surface area contributed by atoms with Crippen molar-refractivity contribution >= 4 is 35.0 Å². The van der Waals surface area contributed by atoms with Gasteiger partial charge in [0.05, 0.1) is 23.7 Å². The largest absolute Gasteiger partial charge is 0.495 e. The molecule has 140 valence electrons. The molecular formula is C18H18ClN5O2S. The highest BCUT2D eigenvalue weighted by Crippen LogP contribution is 2.29. The predicted octanol–water partition coefficient (Wildman–Crippen LogP) is 3.75. The first-order chi connectivity index (χ1) is 13.0. The summed E-state index contributed by atoms with van der Waals surface area (Å²) in [7, 11) is 1.53. The van der Waals surface area contributed by atoms with Crippen LogP contribution in [0.5, 0.6) is 5.75 Å². The maximum absolute atomic E-state index is 12.6. The molecule has 3 rings (SSSR count). The topological polar surface area (TPSA) is 81.9 Å². The summed E-state index contributed by atoms with van der Waals surface area (Å²) in [4.78, 5) is 12.6. The smallest absolute Gasteiger partial charge is 0.237 e. The number of nitrogens with one attached hydrogen (secondary N) is 1. The molecule has 1 unspecified atom stereocenters. The Morgan fingerprint density at radius 3 is 2.70 bits per heavy atom. The molecule has 0 aliphatic rings. The first-order valence-electron chi connectivity index (χ1n) is 8.14. The van der Waals surface area contributed by atoms with Gasteiger partial charge in [-0.05, 0) is 54.6 Å². The van der Waals surface area contributed by atoms with Crippen LogP contribution < -0.4 is 10.1 Å². The molecule has 1 N–H and O–H groups in total. The zero-order valence-electron chi connectivity index (χ0n) is 15.0. The van der Waals surface area contributed by atoms with Crippen LogP contribution in [0.1, 0.15) is 12.5 Å². The fourth-order valence-corrected chi connectivity index (χ4v) is 3.30. The highest BCUT2D eigenvalue weighted by molar-refractivity contribution is 8.00. The Kier molecular flexibility index (Phi) is 5.98.